The molecule has 30 heavy (non-hydrogen) atoms. The van der Waals surface area contributed by atoms with Crippen LogP contribution >= 0.6 is 7.82 Å². The summed E-state index contributed by atoms with van der Waals surface area (Å²) in [5.74, 6) is 0.769. The first-order valence-electron chi connectivity index (χ1n) is 11.5. The van der Waals surface area contributed by atoms with Crippen LogP contribution in [0.5, 0.6) is 5.75 Å². The number of phosphoric ester groups is 1. The van der Waals surface area contributed by atoms with Crippen molar-refractivity contribution < 1.29 is 28.3 Å². The molecule has 0 saturated heterocycles. The summed E-state index contributed by atoms with van der Waals surface area (Å²) in [6.07, 6.45) is 13.6. The third-order valence-corrected chi connectivity index (χ3v) is 5.53. The lowest BCUT2D eigenvalue weighted by Crippen LogP contribution is -2.21. The average Bonchev–Trinajstić information content (AvgIpc) is 2.71. The molecular formula is C23H41O6P. The lowest BCUT2D eigenvalue weighted by molar-refractivity contribution is 0.0182. The van der Waals surface area contributed by atoms with Crippen LogP contribution in [0.1, 0.15) is 84.0 Å². The van der Waals surface area contributed by atoms with Crippen molar-refractivity contribution in [3.05, 3.63) is 30.3 Å². The molecular weight excluding hydrogens is 403 g/mol. The highest BCUT2D eigenvalue weighted by Gasteiger charge is 2.22. The van der Waals surface area contributed by atoms with E-state index >= 15 is 0 Å². The van der Waals surface area contributed by atoms with E-state index in [2.05, 4.69) is 6.92 Å². The van der Waals surface area contributed by atoms with Gasteiger partial charge in [0, 0.05) is 0 Å². The number of para-hydroxylation sites is 1. The highest BCUT2D eigenvalue weighted by molar-refractivity contribution is 7.46. The largest absolute Gasteiger partial charge is 0.491 e. The summed E-state index contributed by atoms with van der Waals surface area (Å²) in [6, 6.07) is 9.45. The van der Waals surface area contributed by atoms with Crippen LogP contribution in [0.3, 0.4) is 0 Å². The van der Waals surface area contributed by atoms with Crippen molar-refractivity contribution in [2.75, 3.05) is 19.8 Å². The molecule has 0 amide bonds. The Balaban J connectivity index is 2.08. The molecule has 1 atom stereocenters. The molecule has 174 valence electrons. The second-order valence-electron chi connectivity index (χ2n) is 7.78. The van der Waals surface area contributed by atoms with Gasteiger partial charge in [0.25, 0.3) is 0 Å². The van der Waals surface area contributed by atoms with Crippen LogP contribution in [0.2, 0.25) is 0 Å². The Hall–Kier alpha value is -0.910. The SMILES string of the molecule is CCCCCCCCCCCCCC(COCCOc1ccccc1)OP(=O)(O)O. The monoisotopic (exact) mass is 444 g/mol. The highest BCUT2D eigenvalue weighted by atomic mass is 31.2. The van der Waals surface area contributed by atoms with Crippen LogP contribution in [-0.2, 0) is 13.8 Å². The van der Waals surface area contributed by atoms with Crippen molar-refractivity contribution >= 4 is 7.82 Å². The molecule has 1 aromatic rings. The maximum atomic E-state index is 11.2. The van der Waals surface area contributed by atoms with Crippen molar-refractivity contribution in [2.24, 2.45) is 0 Å². The van der Waals surface area contributed by atoms with E-state index in [4.69, 9.17) is 23.8 Å². The summed E-state index contributed by atoms with van der Waals surface area (Å²) in [4.78, 5) is 18.3. The van der Waals surface area contributed by atoms with Crippen LogP contribution in [0, 0.1) is 0 Å². The smallest absolute Gasteiger partial charge is 0.469 e. The summed E-state index contributed by atoms with van der Waals surface area (Å²) in [7, 11) is -4.52. The summed E-state index contributed by atoms with van der Waals surface area (Å²) in [5, 5.41) is 0. The fourth-order valence-corrected chi connectivity index (χ4v) is 3.90. The summed E-state index contributed by atoms with van der Waals surface area (Å²) in [5.41, 5.74) is 0. The van der Waals surface area contributed by atoms with Gasteiger partial charge in [-0.05, 0) is 18.6 Å². The number of rotatable bonds is 20. The third-order valence-electron chi connectivity index (χ3n) is 4.96. The minimum Gasteiger partial charge on any atom is -0.491 e. The van der Waals surface area contributed by atoms with E-state index < -0.39 is 13.9 Å². The molecule has 7 heteroatoms. The molecule has 0 aromatic heterocycles. The van der Waals surface area contributed by atoms with Crippen LogP contribution in [0.25, 0.3) is 0 Å². The fraction of sp³-hybridized carbons (Fsp3) is 0.739. The number of hydrogen-bond acceptors (Lipinski definition) is 4. The van der Waals surface area contributed by atoms with Crippen molar-refractivity contribution in [1.29, 1.82) is 0 Å². The van der Waals surface area contributed by atoms with Gasteiger partial charge >= 0.3 is 7.82 Å². The normalized spacial score (nSPS) is 12.8. The van der Waals surface area contributed by atoms with Gasteiger partial charge < -0.3 is 19.3 Å². The van der Waals surface area contributed by atoms with Crippen molar-refractivity contribution in [2.45, 2.75) is 90.1 Å². The van der Waals surface area contributed by atoms with Crippen LogP contribution < -0.4 is 4.74 Å². The summed E-state index contributed by atoms with van der Waals surface area (Å²) >= 11 is 0. The van der Waals surface area contributed by atoms with Gasteiger partial charge in [0.15, 0.2) is 0 Å². The van der Waals surface area contributed by atoms with Crippen molar-refractivity contribution in [3.63, 3.8) is 0 Å². The molecule has 2 N–H and O–H groups in total. The van der Waals surface area contributed by atoms with Crippen LogP contribution in [0.4, 0.5) is 0 Å². The molecule has 1 unspecified atom stereocenters. The summed E-state index contributed by atoms with van der Waals surface area (Å²) in [6.45, 7) is 3.11. The molecule has 0 aliphatic rings. The Kier molecular flexibility index (Phi) is 16.0. The first-order valence-corrected chi connectivity index (χ1v) is 13.0. The molecule has 0 aliphatic heterocycles. The second kappa shape index (κ2) is 17.7. The number of ether oxygens (including phenoxy) is 2. The number of benzene rings is 1. The standard InChI is InChI=1S/C23H41O6P/c1-2-3-4-5-6-7-8-9-10-11-13-18-23(29-30(24,25)26)21-27-19-20-28-22-16-14-12-15-17-22/h12,14-17,23H,2-11,13,18-21H2,1H3,(H2,24,25,26). The van der Waals surface area contributed by atoms with Gasteiger partial charge in [-0.25, -0.2) is 4.57 Å². The van der Waals surface area contributed by atoms with E-state index in [9.17, 15) is 4.57 Å². The maximum Gasteiger partial charge on any atom is 0.469 e. The lowest BCUT2D eigenvalue weighted by atomic mass is 10.0. The van der Waals surface area contributed by atoms with Gasteiger partial charge in [-0.2, -0.15) is 0 Å². The topological polar surface area (TPSA) is 85.2 Å². The molecule has 0 bridgehead atoms. The molecule has 1 aromatic carbocycles. The van der Waals surface area contributed by atoms with Crippen molar-refractivity contribution in [1.82, 2.24) is 0 Å². The van der Waals surface area contributed by atoms with Gasteiger partial charge in [-0.15, -0.1) is 0 Å². The zero-order valence-electron chi connectivity index (χ0n) is 18.5. The van der Waals surface area contributed by atoms with Gasteiger partial charge in [0.2, 0.25) is 0 Å². The molecule has 0 radical (unpaired) electrons. The Labute approximate surface area is 182 Å². The fourth-order valence-electron chi connectivity index (χ4n) is 3.35. The van der Waals surface area contributed by atoms with Gasteiger partial charge in [-0.1, -0.05) is 95.8 Å². The Morgan fingerprint density at radius 1 is 0.833 bits per heavy atom. The predicted octanol–water partition coefficient (Wildman–Crippen LogP) is 6.26. The second-order valence-corrected chi connectivity index (χ2v) is 8.97. The van der Waals surface area contributed by atoms with E-state index in [0.29, 0.717) is 19.6 Å². The van der Waals surface area contributed by atoms with Crippen molar-refractivity contribution in [3.8, 4) is 5.75 Å². The molecule has 0 fully saturated rings. The van der Waals surface area contributed by atoms with E-state index in [1.165, 1.54) is 51.4 Å². The van der Waals surface area contributed by atoms with Crippen LogP contribution in [0.15, 0.2) is 30.3 Å². The Morgan fingerprint density at radius 3 is 1.97 bits per heavy atom. The molecule has 0 saturated carbocycles. The quantitative estimate of drug-likeness (QED) is 0.182. The van der Waals surface area contributed by atoms with E-state index in [-0.39, 0.29) is 6.61 Å². The maximum absolute atomic E-state index is 11.2. The number of phosphoric acid groups is 1. The molecule has 1 rings (SSSR count). The van der Waals surface area contributed by atoms with Gasteiger partial charge in [0.05, 0.1) is 19.3 Å². The van der Waals surface area contributed by atoms with Gasteiger partial charge in [-0.3, -0.25) is 4.52 Å². The average molecular weight is 445 g/mol. The summed E-state index contributed by atoms with van der Waals surface area (Å²) < 4.78 is 27.2. The van der Waals surface area contributed by atoms with E-state index in [1.54, 1.807) is 0 Å². The first kappa shape index (κ1) is 27.1. The molecule has 0 heterocycles. The minimum absolute atomic E-state index is 0.154. The predicted molar refractivity (Wildman–Crippen MR) is 121 cm³/mol. The molecule has 6 nitrogen and oxygen atoms in total. The zero-order valence-corrected chi connectivity index (χ0v) is 19.4. The first-order chi connectivity index (χ1) is 14.5. The third kappa shape index (κ3) is 16.8. The molecule has 0 aliphatic carbocycles. The molecule has 0 spiro atoms. The van der Waals surface area contributed by atoms with Gasteiger partial charge in [0.1, 0.15) is 12.4 Å². The van der Waals surface area contributed by atoms with Crippen LogP contribution in [-0.4, -0.2) is 35.7 Å². The zero-order chi connectivity index (χ0) is 21.9. The number of hydrogen-bond donors (Lipinski definition) is 2. The van der Waals surface area contributed by atoms with E-state index in [0.717, 1.165) is 25.0 Å². The Bertz CT molecular complexity index is 548. The van der Waals surface area contributed by atoms with E-state index in [1.807, 2.05) is 30.3 Å². The number of unbranched alkanes of at least 4 members (excludes halogenated alkanes) is 10. The minimum atomic E-state index is -4.52. The lowest BCUT2D eigenvalue weighted by Gasteiger charge is -2.18. The highest BCUT2D eigenvalue weighted by Crippen LogP contribution is 2.38. The Morgan fingerprint density at radius 2 is 1.40 bits per heavy atom.